The Bertz CT molecular complexity index is 1480. The summed E-state index contributed by atoms with van der Waals surface area (Å²) < 4.78 is 12.3. The Morgan fingerprint density at radius 1 is 1.26 bits per heavy atom. The van der Waals surface area contributed by atoms with Crippen LogP contribution in [0.5, 0.6) is 5.75 Å². The highest BCUT2D eigenvalue weighted by Gasteiger charge is 2.34. The first kappa shape index (κ1) is 22.7. The van der Waals surface area contributed by atoms with Gasteiger partial charge in [0.05, 0.1) is 24.8 Å². The number of anilines is 2. The number of hydrazone groups is 1. The van der Waals surface area contributed by atoms with Gasteiger partial charge in [-0.25, -0.2) is 14.8 Å². The topological polar surface area (TPSA) is 132 Å². The molecule has 0 unspecified atom stereocenters. The number of rotatable bonds is 7. The summed E-state index contributed by atoms with van der Waals surface area (Å²) in [5.41, 5.74) is 7.54. The molecule has 3 aromatic heterocycles. The molecule has 1 aliphatic rings. The first-order valence-corrected chi connectivity index (χ1v) is 12.0. The minimum Gasteiger partial charge on any atom is -0.497 e. The molecule has 4 aromatic rings. The first-order valence-electron chi connectivity index (χ1n) is 11.1. The first-order chi connectivity index (χ1) is 17.0. The Labute approximate surface area is 204 Å². The van der Waals surface area contributed by atoms with Gasteiger partial charge in [-0.1, -0.05) is 6.92 Å². The third kappa shape index (κ3) is 4.14. The summed E-state index contributed by atoms with van der Waals surface area (Å²) in [5, 5.41) is 8.99. The van der Waals surface area contributed by atoms with Crippen molar-refractivity contribution >= 4 is 28.0 Å². The second-order valence-corrected chi connectivity index (χ2v) is 8.88. The molecule has 3 N–H and O–H groups in total. The van der Waals surface area contributed by atoms with E-state index in [-0.39, 0.29) is 17.4 Å². The van der Waals surface area contributed by atoms with E-state index in [2.05, 4.69) is 4.98 Å². The molecule has 35 heavy (non-hydrogen) atoms. The zero-order chi connectivity index (χ0) is 24.5. The van der Waals surface area contributed by atoms with Gasteiger partial charge >= 0.3 is 5.69 Å². The molecule has 180 valence electrons. The number of thiazole rings is 1. The highest BCUT2D eigenvalue weighted by atomic mass is 32.1. The average Bonchev–Trinajstić information content (AvgIpc) is 3.62. The van der Waals surface area contributed by atoms with E-state index in [0.717, 1.165) is 22.8 Å². The lowest BCUT2D eigenvalue weighted by Crippen LogP contribution is -2.33. The van der Waals surface area contributed by atoms with Crippen molar-refractivity contribution in [1.29, 1.82) is 0 Å². The van der Waals surface area contributed by atoms with Crippen molar-refractivity contribution < 1.29 is 9.15 Å². The number of H-pyrrole nitrogens is 1. The highest BCUT2D eigenvalue weighted by molar-refractivity contribution is 7.14. The average molecular weight is 493 g/mol. The van der Waals surface area contributed by atoms with Crippen LogP contribution in [0.4, 0.5) is 10.9 Å². The van der Waals surface area contributed by atoms with E-state index in [1.54, 1.807) is 23.8 Å². The Hall–Kier alpha value is -4.12. The normalized spacial score (nSPS) is 15.4. The molecular weight excluding hydrogens is 468 g/mol. The predicted molar refractivity (Wildman–Crippen MR) is 135 cm³/mol. The zero-order valence-corrected chi connectivity index (χ0v) is 20.0. The van der Waals surface area contributed by atoms with Gasteiger partial charge in [0, 0.05) is 18.3 Å². The van der Waals surface area contributed by atoms with Gasteiger partial charge in [-0.2, -0.15) is 5.10 Å². The van der Waals surface area contributed by atoms with Crippen LogP contribution >= 0.6 is 11.3 Å². The number of benzene rings is 1. The largest absolute Gasteiger partial charge is 0.497 e. The Morgan fingerprint density at radius 3 is 2.74 bits per heavy atom. The number of nitrogens with two attached hydrogens (primary N) is 1. The van der Waals surface area contributed by atoms with Gasteiger partial charge in [-0.15, -0.1) is 11.3 Å². The summed E-state index contributed by atoms with van der Waals surface area (Å²) in [5.74, 6) is 1.62. The van der Waals surface area contributed by atoms with Crippen LogP contribution < -0.4 is 26.7 Å². The smallest absolute Gasteiger partial charge is 0.329 e. The molecule has 1 aromatic carbocycles. The summed E-state index contributed by atoms with van der Waals surface area (Å²) in [6.45, 7) is 2.33. The number of furan rings is 1. The molecule has 0 aliphatic carbocycles. The summed E-state index contributed by atoms with van der Waals surface area (Å²) in [7, 11) is 1.63. The molecule has 0 fully saturated rings. The molecule has 5 rings (SSSR count). The van der Waals surface area contributed by atoms with Crippen molar-refractivity contribution in [3.05, 3.63) is 80.2 Å². The number of aromatic amines is 1. The van der Waals surface area contributed by atoms with E-state index in [1.165, 1.54) is 15.9 Å². The fraction of sp³-hybridized carbons (Fsp3) is 0.250. The number of methoxy groups -OCH3 is 1. The maximum atomic E-state index is 12.6. The van der Waals surface area contributed by atoms with Gasteiger partial charge in [0.15, 0.2) is 0 Å². The van der Waals surface area contributed by atoms with Crippen molar-refractivity contribution in [2.75, 3.05) is 17.9 Å². The molecule has 0 radical (unpaired) electrons. The minimum atomic E-state index is -0.567. The molecular formula is C24H24N6O4S. The number of nitrogen functional groups attached to an aromatic ring is 1. The second kappa shape index (κ2) is 9.26. The van der Waals surface area contributed by atoms with Crippen molar-refractivity contribution in [2.24, 2.45) is 5.10 Å². The second-order valence-electron chi connectivity index (χ2n) is 8.04. The van der Waals surface area contributed by atoms with Crippen LogP contribution in [0.3, 0.4) is 0 Å². The number of aromatic nitrogens is 3. The maximum Gasteiger partial charge on any atom is 0.329 e. The molecule has 0 spiro atoms. The van der Waals surface area contributed by atoms with Gasteiger partial charge in [-0.05, 0) is 48.4 Å². The van der Waals surface area contributed by atoms with Crippen LogP contribution in [0.1, 0.15) is 37.1 Å². The summed E-state index contributed by atoms with van der Waals surface area (Å²) >= 11 is 1.34. The molecule has 1 atom stereocenters. The number of ether oxygens (including phenoxy) is 1. The van der Waals surface area contributed by atoms with Gasteiger partial charge in [0.25, 0.3) is 5.56 Å². The van der Waals surface area contributed by atoms with Gasteiger partial charge in [0.2, 0.25) is 5.13 Å². The summed E-state index contributed by atoms with van der Waals surface area (Å²) in [6, 6.07) is 11.3. The van der Waals surface area contributed by atoms with Crippen molar-refractivity contribution in [1.82, 2.24) is 14.5 Å². The molecule has 0 saturated carbocycles. The van der Waals surface area contributed by atoms with E-state index in [1.807, 2.05) is 43.3 Å². The van der Waals surface area contributed by atoms with Crippen LogP contribution in [0.15, 0.2) is 67.1 Å². The fourth-order valence-electron chi connectivity index (χ4n) is 4.11. The Morgan fingerprint density at radius 2 is 2.06 bits per heavy atom. The van der Waals surface area contributed by atoms with Gasteiger partial charge in [-0.3, -0.25) is 14.3 Å². The summed E-state index contributed by atoms with van der Waals surface area (Å²) in [6.07, 6.45) is 2.93. The molecule has 0 amide bonds. The fourth-order valence-corrected chi connectivity index (χ4v) is 4.93. The lowest BCUT2D eigenvalue weighted by molar-refractivity contribution is 0.415. The van der Waals surface area contributed by atoms with Crippen molar-refractivity contribution in [3.8, 4) is 17.0 Å². The van der Waals surface area contributed by atoms with E-state index < -0.39 is 11.2 Å². The van der Waals surface area contributed by atoms with E-state index in [4.69, 9.17) is 25.0 Å². The zero-order valence-electron chi connectivity index (χ0n) is 19.2. The molecule has 0 bridgehead atoms. The van der Waals surface area contributed by atoms with Crippen LogP contribution in [0, 0.1) is 0 Å². The van der Waals surface area contributed by atoms with Crippen LogP contribution in [0.25, 0.3) is 11.3 Å². The van der Waals surface area contributed by atoms with Crippen LogP contribution in [0.2, 0.25) is 0 Å². The number of nitrogens with zero attached hydrogens (tertiary/aromatic N) is 4. The number of hydrogen-bond donors (Lipinski definition) is 2. The predicted octanol–water partition coefficient (Wildman–Crippen LogP) is 3.61. The van der Waals surface area contributed by atoms with E-state index in [9.17, 15) is 9.59 Å². The SMILES string of the molecule is CCCn1c(N)c(-c2csc(N3N=C(c4ccc(OC)cc4)C[C@H]3c3ccco3)n2)c(=O)[nH]c1=O. The Kier molecular flexibility index (Phi) is 6.00. The maximum absolute atomic E-state index is 12.6. The molecule has 1 aliphatic heterocycles. The van der Waals surface area contributed by atoms with Gasteiger partial charge < -0.3 is 14.9 Å². The summed E-state index contributed by atoms with van der Waals surface area (Å²) in [4.78, 5) is 31.9. The van der Waals surface area contributed by atoms with E-state index in [0.29, 0.717) is 30.2 Å². The number of hydrogen-bond acceptors (Lipinski definition) is 9. The molecule has 0 saturated heterocycles. The number of nitrogens with one attached hydrogen (secondary N) is 1. The molecule has 11 heteroatoms. The molecule has 4 heterocycles. The minimum absolute atomic E-state index is 0.101. The van der Waals surface area contributed by atoms with Crippen LogP contribution in [-0.2, 0) is 6.54 Å². The third-order valence-corrected chi connectivity index (χ3v) is 6.67. The van der Waals surface area contributed by atoms with Crippen LogP contribution in [-0.4, -0.2) is 27.4 Å². The Balaban J connectivity index is 1.55. The quantitative estimate of drug-likeness (QED) is 0.403. The highest BCUT2D eigenvalue weighted by Crippen LogP contribution is 2.39. The lowest BCUT2D eigenvalue weighted by atomic mass is 10.0. The monoisotopic (exact) mass is 492 g/mol. The lowest BCUT2D eigenvalue weighted by Gasteiger charge is -2.18. The van der Waals surface area contributed by atoms with E-state index >= 15 is 0 Å². The molecule has 10 nitrogen and oxygen atoms in total. The third-order valence-electron chi connectivity index (χ3n) is 5.84. The van der Waals surface area contributed by atoms with Crippen molar-refractivity contribution in [2.45, 2.75) is 32.4 Å². The van der Waals surface area contributed by atoms with Crippen molar-refractivity contribution in [3.63, 3.8) is 0 Å². The standard InChI is InChI=1S/C24H24N6O4S/c1-3-10-29-21(25)20(22(31)27-23(29)32)17-13-35-24(26-17)30-18(19-5-4-11-34-19)12-16(28-30)14-6-8-15(33-2)9-7-14/h4-9,11,13,18H,3,10,12,25H2,1-2H3,(H,27,31,32)/t18-/m0/s1. The van der Waals surface area contributed by atoms with Gasteiger partial charge in [0.1, 0.15) is 28.9 Å².